The Kier molecular flexibility index (Phi) is 4.93. The molecule has 150 valence electrons. The molecule has 2 aromatic heterocycles. The molecule has 0 aliphatic carbocycles. The third-order valence-electron chi connectivity index (χ3n) is 4.37. The second-order valence-corrected chi connectivity index (χ2v) is 7.43. The molecule has 4 rings (SSSR count). The number of H-pyrrole nitrogens is 1. The van der Waals surface area contributed by atoms with Gasteiger partial charge in [0.05, 0.1) is 5.39 Å². The van der Waals surface area contributed by atoms with E-state index in [2.05, 4.69) is 15.3 Å². The van der Waals surface area contributed by atoms with Crippen LogP contribution in [0.3, 0.4) is 0 Å². The van der Waals surface area contributed by atoms with Crippen LogP contribution in [0.1, 0.15) is 26.6 Å². The number of aromatic nitrogens is 2. The van der Waals surface area contributed by atoms with E-state index in [1.807, 2.05) is 6.07 Å². The molecule has 9 nitrogen and oxygen atoms in total. The fraction of sp³-hybridized carbons (Fsp3) is 0.263. The van der Waals surface area contributed by atoms with Gasteiger partial charge in [0.25, 0.3) is 11.5 Å². The minimum atomic E-state index is -0.666. The first-order valence-electron chi connectivity index (χ1n) is 8.74. The standard InChI is InChI=1S/C19H17N3O6S/c1-9-15-17(24)21-10(2)22-18(15)29-16(9)19(25)26-7-14(23)20-6-11-3-4-12-13(5-11)28-8-27-12/h3-5H,6-8H2,1-2H3,(H,20,23)(H,21,22,24). The summed E-state index contributed by atoms with van der Waals surface area (Å²) in [7, 11) is 0. The largest absolute Gasteiger partial charge is 0.454 e. The number of benzene rings is 1. The van der Waals surface area contributed by atoms with Crippen LogP contribution in [-0.2, 0) is 16.1 Å². The molecule has 3 heterocycles. The van der Waals surface area contributed by atoms with E-state index in [9.17, 15) is 14.4 Å². The molecular weight excluding hydrogens is 398 g/mol. The van der Waals surface area contributed by atoms with Crippen molar-refractivity contribution in [1.82, 2.24) is 15.3 Å². The minimum absolute atomic E-state index is 0.180. The highest BCUT2D eigenvalue weighted by molar-refractivity contribution is 7.20. The van der Waals surface area contributed by atoms with Crippen molar-refractivity contribution in [1.29, 1.82) is 0 Å². The summed E-state index contributed by atoms with van der Waals surface area (Å²) in [5.41, 5.74) is 1.02. The number of ether oxygens (including phenoxy) is 3. The van der Waals surface area contributed by atoms with E-state index in [1.165, 1.54) is 0 Å². The predicted octanol–water partition coefficient (Wildman–Crippen LogP) is 1.80. The number of aromatic amines is 1. The van der Waals surface area contributed by atoms with Gasteiger partial charge in [0.15, 0.2) is 18.1 Å². The monoisotopic (exact) mass is 415 g/mol. The van der Waals surface area contributed by atoms with Crippen LogP contribution >= 0.6 is 11.3 Å². The maximum Gasteiger partial charge on any atom is 0.349 e. The maximum atomic E-state index is 12.4. The molecule has 0 saturated carbocycles. The van der Waals surface area contributed by atoms with Crippen molar-refractivity contribution in [2.45, 2.75) is 20.4 Å². The molecule has 1 aliphatic rings. The topological polar surface area (TPSA) is 120 Å². The maximum absolute atomic E-state index is 12.4. The number of nitrogens with zero attached hydrogens (tertiary/aromatic N) is 1. The second-order valence-electron chi connectivity index (χ2n) is 6.43. The molecule has 0 unspecified atom stereocenters. The van der Waals surface area contributed by atoms with Gasteiger partial charge in [-0.1, -0.05) is 6.07 Å². The summed E-state index contributed by atoms with van der Waals surface area (Å²) in [6.45, 7) is 3.33. The number of carbonyl (C=O) groups is 2. The fourth-order valence-electron chi connectivity index (χ4n) is 2.95. The first kappa shape index (κ1) is 18.9. The van der Waals surface area contributed by atoms with E-state index >= 15 is 0 Å². The minimum Gasteiger partial charge on any atom is -0.454 e. The van der Waals surface area contributed by atoms with E-state index in [1.54, 1.807) is 26.0 Å². The zero-order valence-electron chi connectivity index (χ0n) is 15.7. The number of aryl methyl sites for hydroxylation is 2. The lowest BCUT2D eigenvalue weighted by Crippen LogP contribution is -2.28. The molecule has 0 atom stereocenters. The van der Waals surface area contributed by atoms with Crippen LogP contribution in [0.4, 0.5) is 0 Å². The molecular formula is C19H17N3O6S. The van der Waals surface area contributed by atoms with Gasteiger partial charge in [-0.2, -0.15) is 0 Å². The Morgan fingerprint density at radius 2 is 2.07 bits per heavy atom. The van der Waals surface area contributed by atoms with Crippen molar-refractivity contribution in [2.75, 3.05) is 13.4 Å². The van der Waals surface area contributed by atoms with Crippen LogP contribution in [0.15, 0.2) is 23.0 Å². The van der Waals surface area contributed by atoms with Crippen molar-refractivity contribution < 1.29 is 23.8 Å². The predicted molar refractivity (Wildman–Crippen MR) is 104 cm³/mol. The zero-order valence-corrected chi connectivity index (χ0v) is 16.5. The molecule has 1 aliphatic heterocycles. The van der Waals surface area contributed by atoms with E-state index in [0.29, 0.717) is 33.1 Å². The van der Waals surface area contributed by atoms with Crippen LogP contribution < -0.4 is 20.3 Å². The normalized spacial score (nSPS) is 12.2. The van der Waals surface area contributed by atoms with Gasteiger partial charge in [-0.25, -0.2) is 9.78 Å². The molecule has 29 heavy (non-hydrogen) atoms. The first-order chi connectivity index (χ1) is 13.9. The second kappa shape index (κ2) is 7.55. The lowest BCUT2D eigenvalue weighted by atomic mass is 10.2. The molecule has 0 fully saturated rings. The molecule has 10 heteroatoms. The number of thiophene rings is 1. The third kappa shape index (κ3) is 3.79. The quantitative estimate of drug-likeness (QED) is 0.610. The molecule has 1 aromatic carbocycles. The number of carbonyl (C=O) groups excluding carboxylic acids is 2. The van der Waals surface area contributed by atoms with Gasteiger partial charge in [0.2, 0.25) is 6.79 Å². The SMILES string of the molecule is Cc1nc2sc(C(=O)OCC(=O)NCc3ccc4c(c3)OCO4)c(C)c2c(=O)[nH]1. The Labute approximate surface area is 168 Å². The number of fused-ring (bicyclic) bond motifs is 2. The Hall–Kier alpha value is -3.40. The third-order valence-corrected chi connectivity index (χ3v) is 5.53. The molecule has 2 N–H and O–H groups in total. The summed E-state index contributed by atoms with van der Waals surface area (Å²) in [6, 6.07) is 5.36. The van der Waals surface area contributed by atoms with Gasteiger partial charge >= 0.3 is 5.97 Å². The van der Waals surface area contributed by atoms with Gasteiger partial charge in [-0.15, -0.1) is 11.3 Å². The number of esters is 1. The van der Waals surface area contributed by atoms with Crippen molar-refractivity contribution in [3.05, 3.63) is 50.4 Å². The first-order valence-corrected chi connectivity index (χ1v) is 9.56. The van der Waals surface area contributed by atoms with Gasteiger partial charge < -0.3 is 24.5 Å². The molecule has 1 amide bonds. The van der Waals surface area contributed by atoms with Gasteiger partial charge in [-0.3, -0.25) is 9.59 Å². The summed E-state index contributed by atoms with van der Waals surface area (Å²) < 4.78 is 15.6. The molecule has 0 radical (unpaired) electrons. The van der Waals surface area contributed by atoms with Crippen molar-refractivity contribution in [2.24, 2.45) is 0 Å². The van der Waals surface area contributed by atoms with Crippen LogP contribution in [0.2, 0.25) is 0 Å². The van der Waals surface area contributed by atoms with E-state index < -0.39 is 18.5 Å². The van der Waals surface area contributed by atoms with E-state index in [4.69, 9.17) is 14.2 Å². The molecule has 0 spiro atoms. The highest BCUT2D eigenvalue weighted by Crippen LogP contribution is 2.32. The zero-order chi connectivity index (χ0) is 20.5. The summed E-state index contributed by atoms with van der Waals surface area (Å²) in [5.74, 6) is 0.646. The highest BCUT2D eigenvalue weighted by atomic mass is 32.1. The Balaban J connectivity index is 1.36. The van der Waals surface area contributed by atoms with E-state index in [0.717, 1.165) is 16.9 Å². The van der Waals surface area contributed by atoms with Crippen LogP contribution in [0.25, 0.3) is 10.2 Å². The van der Waals surface area contributed by atoms with E-state index in [-0.39, 0.29) is 23.8 Å². The summed E-state index contributed by atoms with van der Waals surface area (Å²) in [4.78, 5) is 44.1. The van der Waals surface area contributed by atoms with Gasteiger partial charge in [-0.05, 0) is 37.1 Å². The summed E-state index contributed by atoms with van der Waals surface area (Å²) in [6.07, 6.45) is 0. The number of hydrogen-bond donors (Lipinski definition) is 2. The highest BCUT2D eigenvalue weighted by Gasteiger charge is 2.21. The Morgan fingerprint density at radius 1 is 1.28 bits per heavy atom. The average Bonchev–Trinajstić information content (AvgIpc) is 3.28. The molecule has 0 saturated heterocycles. The fourth-order valence-corrected chi connectivity index (χ4v) is 4.07. The van der Waals surface area contributed by atoms with Gasteiger partial charge in [0.1, 0.15) is 15.5 Å². The van der Waals surface area contributed by atoms with Crippen molar-refractivity contribution in [3.63, 3.8) is 0 Å². The lowest BCUT2D eigenvalue weighted by Gasteiger charge is -2.07. The lowest BCUT2D eigenvalue weighted by molar-refractivity contribution is -0.124. The summed E-state index contributed by atoms with van der Waals surface area (Å²) >= 11 is 1.07. The van der Waals surface area contributed by atoms with Crippen LogP contribution in [0.5, 0.6) is 11.5 Å². The molecule has 3 aromatic rings. The number of hydrogen-bond acceptors (Lipinski definition) is 8. The Morgan fingerprint density at radius 3 is 2.90 bits per heavy atom. The number of rotatable bonds is 5. The van der Waals surface area contributed by atoms with Crippen LogP contribution in [0, 0.1) is 13.8 Å². The van der Waals surface area contributed by atoms with Crippen LogP contribution in [-0.4, -0.2) is 35.2 Å². The van der Waals surface area contributed by atoms with Gasteiger partial charge in [0, 0.05) is 6.54 Å². The average molecular weight is 415 g/mol. The van der Waals surface area contributed by atoms with Crippen molar-refractivity contribution >= 4 is 33.4 Å². The van der Waals surface area contributed by atoms with Crippen molar-refractivity contribution in [3.8, 4) is 11.5 Å². The number of amides is 1. The summed E-state index contributed by atoms with van der Waals surface area (Å²) in [5, 5.41) is 3.04. The molecule has 0 bridgehead atoms. The Bertz CT molecular complexity index is 1180. The smallest absolute Gasteiger partial charge is 0.349 e. The number of nitrogens with one attached hydrogen (secondary N) is 2.